The van der Waals surface area contributed by atoms with E-state index in [0.29, 0.717) is 11.4 Å². The third-order valence-corrected chi connectivity index (χ3v) is 3.86. The van der Waals surface area contributed by atoms with Crippen LogP contribution in [0.15, 0.2) is 59.5 Å². The number of hydrogen-bond acceptors (Lipinski definition) is 3. The van der Waals surface area contributed by atoms with Gasteiger partial charge in [-0.1, -0.05) is 36.4 Å². The van der Waals surface area contributed by atoms with Gasteiger partial charge in [0, 0.05) is 6.54 Å². The minimum absolute atomic E-state index is 0.0931. The third kappa shape index (κ3) is 6.96. The van der Waals surface area contributed by atoms with Gasteiger partial charge in [-0.2, -0.15) is 0 Å². The Hall–Kier alpha value is -2.35. The largest absolute Gasteiger partial charge is 0.367 e. The molecule has 0 heterocycles. The number of hydrogen-bond donors (Lipinski definition) is 2. The number of ether oxygens (including phenoxy) is 1. The normalized spacial score (nSPS) is 12.2. The smallest absolute Gasteiger partial charge is 0.246 e. The van der Waals surface area contributed by atoms with Gasteiger partial charge in [0.25, 0.3) is 0 Å². The van der Waals surface area contributed by atoms with Gasteiger partial charge < -0.3 is 14.6 Å². The van der Waals surface area contributed by atoms with Crippen molar-refractivity contribution in [2.75, 3.05) is 13.2 Å². The number of carbonyl (C=O) groups excluding carboxylic acids is 1. The second kappa shape index (κ2) is 9.83. The summed E-state index contributed by atoms with van der Waals surface area (Å²) < 4.78 is 38.0. The van der Waals surface area contributed by atoms with Crippen molar-refractivity contribution >= 4 is 23.1 Å². The van der Waals surface area contributed by atoms with E-state index in [0.717, 1.165) is 11.1 Å². The molecule has 1 unspecified atom stereocenters. The molecule has 0 spiro atoms. The van der Waals surface area contributed by atoms with E-state index < -0.39 is 11.1 Å². The van der Waals surface area contributed by atoms with Crippen LogP contribution in [0.1, 0.15) is 11.1 Å². The van der Waals surface area contributed by atoms with Crippen molar-refractivity contribution in [1.29, 1.82) is 0 Å². The van der Waals surface area contributed by atoms with Crippen LogP contribution in [0.25, 0.3) is 6.08 Å². The van der Waals surface area contributed by atoms with E-state index in [-0.39, 0.29) is 24.9 Å². The van der Waals surface area contributed by atoms with E-state index in [9.17, 15) is 13.4 Å². The van der Waals surface area contributed by atoms with E-state index in [1.165, 1.54) is 12.1 Å². The minimum Gasteiger partial charge on any atom is -0.367 e. The van der Waals surface area contributed by atoms with Crippen molar-refractivity contribution in [3.8, 4) is 0 Å². The van der Waals surface area contributed by atoms with Crippen molar-refractivity contribution in [2.24, 2.45) is 0 Å². The Bertz CT molecular complexity index is 762. The summed E-state index contributed by atoms with van der Waals surface area (Å²) >= 11 is -2.02. The van der Waals surface area contributed by atoms with Gasteiger partial charge in [-0.15, -0.1) is 0 Å². The number of benzene rings is 2. The zero-order valence-corrected chi connectivity index (χ0v) is 14.2. The second-order valence-electron chi connectivity index (χ2n) is 5.15. The molecule has 2 rings (SSSR count). The molecule has 1 atom stereocenters. The molecular weight excluding hydrogens is 345 g/mol. The van der Waals surface area contributed by atoms with Gasteiger partial charge in [0.15, 0.2) is 11.1 Å². The average Bonchev–Trinajstić information content (AvgIpc) is 2.61. The first-order chi connectivity index (χ1) is 12.0. The maximum Gasteiger partial charge on any atom is 0.246 e. The standard InChI is InChI=1S/C18H18FNO4S/c19-16-8-6-15(7-9-16)12-24-13-18(21)20-10-2-4-14-3-1-5-17(11-14)25(22)23/h1-9,11H,10,12-13H2,(H,20,21)(H,22,23)/b4-2+. The fourth-order valence-corrected chi connectivity index (χ4v) is 2.42. The first kappa shape index (κ1) is 19.0. The van der Waals surface area contributed by atoms with Crippen molar-refractivity contribution in [3.05, 3.63) is 71.6 Å². The fraction of sp³-hybridized carbons (Fsp3) is 0.167. The highest BCUT2D eigenvalue weighted by Gasteiger charge is 2.01. The van der Waals surface area contributed by atoms with Crippen molar-refractivity contribution < 1.29 is 22.7 Å². The zero-order chi connectivity index (χ0) is 18.1. The molecule has 7 heteroatoms. The molecule has 2 N–H and O–H groups in total. The molecule has 0 radical (unpaired) electrons. The van der Waals surface area contributed by atoms with Gasteiger partial charge in [-0.05, 0) is 35.4 Å². The predicted molar refractivity (Wildman–Crippen MR) is 93.6 cm³/mol. The Labute approximate surface area is 147 Å². The van der Waals surface area contributed by atoms with Gasteiger partial charge in [0.05, 0.1) is 11.5 Å². The molecule has 0 fully saturated rings. The number of carbonyl (C=O) groups is 1. The van der Waals surface area contributed by atoms with Gasteiger partial charge in [-0.3, -0.25) is 4.79 Å². The van der Waals surface area contributed by atoms with E-state index in [2.05, 4.69) is 5.32 Å². The van der Waals surface area contributed by atoms with Gasteiger partial charge in [0.2, 0.25) is 5.91 Å². The summed E-state index contributed by atoms with van der Waals surface area (Å²) in [5.41, 5.74) is 1.55. The highest BCUT2D eigenvalue weighted by molar-refractivity contribution is 7.79. The van der Waals surface area contributed by atoms with Crippen LogP contribution in [0.3, 0.4) is 0 Å². The molecule has 5 nitrogen and oxygen atoms in total. The van der Waals surface area contributed by atoms with Crippen molar-refractivity contribution in [1.82, 2.24) is 5.32 Å². The van der Waals surface area contributed by atoms with Crippen LogP contribution in [0.4, 0.5) is 4.39 Å². The number of nitrogens with one attached hydrogen (secondary N) is 1. The lowest BCUT2D eigenvalue weighted by Gasteiger charge is -2.05. The summed E-state index contributed by atoms with van der Waals surface area (Å²) in [5.74, 6) is -0.582. The Morgan fingerprint density at radius 2 is 2.00 bits per heavy atom. The Balaban J connectivity index is 1.68. The second-order valence-corrected chi connectivity index (χ2v) is 6.12. The highest BCUT2D eigenvalue weighted by atomic mass is 32.2. The quantitative estimate of drug-likeness (QED) is 0.707. The van der Waals surface area contributed by atoms with Crippen molar-refractivity contribution in [3.63, 3.8) is 0 Å². The molecule has 0 saturated carbocycles. The molecule has 0 aliphatic rings. The lowest BCUT2D eigenvalue weighted by atomic mass is 10.2. The summed E-state index contributed by atoms with van der Waals surface area (Å²) in [6.07, 6.45) is 3.48. The van der Waals surface area contributed by atoms with Crippen LogP contribution >= 0.6 is 0 Å². The molecule has 0 aromatic heterocycles. The van der Waals surface area contributed by atoms with Crippen LogP contribution in [-0.4, -0.2) is 27.8 Å². The summed E-state index contributed by atoms with van der Waals surface area (Å²) in [4.78, 5) is 12.0. The third-order valence-electron chi connectivity index (χ3n) is 3.20. The Morgan fingerprint density at radius 1 is 1.24 bits per heavy atom. The molecule has 2 aromatic carbocycles. The van der Waals surface area contributed by atoms with E-state index >= 15 is 0 Å². The maximum absolute atomic E-state index is 12.8. The van der Waals surface area contributed by atoms with E-state index in [1.54, 1.807) is 48.6 Å². The predicted octanol–water partition coefficient (Wildman–Crippen LogP) is 2.75. The minimum atomic E-state index is -2.02. The van der Waals surface area contributed by atoms with Crippen molar-refractivity contribution in [2.45, 2.75) is 11.5 Å². The maximum atomic E-state index is 12.8. The lowest BCUT2D eigenvalue weighted by Crippen LogP contribution is -2.27. The topological polar surface area (TPSA) is 75.6 Å². The van der Waals surface area contributed by atoms with E-state index in [1.807, 2.05) is 0 Å². The first-order valence-corrected chi connectivity index (χ1v) is 8.61. The van der Waals surface area contributed by atoms with Gasteiger partial charge in [-0.25, -0.2) is 8.60 Å². The van der Waals surface area contributed by atoms with E-state index in [4.69, 9.17) is 9.29 Å². The molecular formula is C18H18FNO4S. The highest BCUT2D eigenvalue weighted by Crippen LogP contribution is 2.09. The molecule has 1 amide bonds. The first-order valence-electron chi connectivity index (χ1n) is 7.51. The summed E-state index contributed by atoms with van der Waals surface area (Å²) in [6.45, 7) is 0.448. The lowest BCUT2D eigenvalue weighted by molar-refractivity contribution is -0.125. The van der Waals surface area contributed by atoms with Gasteiger partial charge in [0.1, 0.15) is 12.4 Å². The molecule has 0 aliphatic heterocycles. The van der Waals surface area contributed by atoms with Crippen LogP contribution in [0, 0.1) is 5.82 Å². The average molecular weight is 363 g/mol. The molecule has 0 saturated heterocycles. The Kier molecular flexibility index (Phi) is 7.46. The van der Waals surface area contributed by atoms with Gasteiger partial charge >= 0.3 is 0 Å². The van der Waals surface area contributed by atoms with Crippen LogP contribution in [-0.2, 0) is 27.2 Å². The Morgan fingerprint density at radius 3 is 2.72 bits per heavy atom. The molecule has 0 bridgehead atoms. The monoisotopic (exact) mass is 363 g/mol. The fourth-order valence-electron chi connectivity index (χ4n) is 1.99. The summed E-state index contributed by atoms with van der Waals surface area (Å²) in [7, 11) is 0. The van der Waals surface area contributed by atoms with Crippen LogP contribution in [0.2, 0.25) is 0 Å². The molecule has 132 valence electrons. The molecule has 0 aliphatic carbocycles. The SMILES string of the molecule is O=C(COCc1ccc(F)cc1)NC/C=C/c1cccc(S(=O)O)c1. The number of amides is 1. The molecule has 2 aromatic rings. The molecule has 25 heavy (non-hydrogen) atoms. The summed E-state index contributed by atoms with van der Waals surface area (Å²) in [6, 6.07) is 12.5. The summed E-state index contributed by atoms with van der Waals surface area (Å²) in [5, 5.41) is 2.67. The van der Waals surface area contributed by atoms with Crippen LogP contribution in [0.5, 0.6) is 0 Å². The number of rotatable bonds is 8. The number of halogens is 1. The van der Waals surface area contributed by atoms with Crippen LogP contribution < -0.4 is 5.32 Å². The zero-order valence-electron chi connectivity index (χ0n) is 13.4.